The second-order valence-electron chi connectivity index (χ2n) is 6.62. The SMILES string of the molecule is COc1cccc(/C=C2/SC(=O)N(CC(=O)Nc3cccc4ccccc34)C2=O)c1. The normalized spacial score (nSPS) is 15.1. The van der Waals surface area contributed by atoms with Crippen molar-refractivity contribution >= 4 is 51.4 Å². The van der Waals surface area contributed by atoms with Crippen molar-refractivity contribution in [3.05, 3.63) is 77.2 Å². The van der Waals surface area contributed by atoms with Crippen LogP contribution < -0.4 is 10.1 Å². The van der Waals surface area contributed by atoms with Crippen molar-refractivity contribution in [1.82, 2.24) is 4.90 Å². The fourth-order valence-electron chi connectivity index (χ4n) is 3.19. The van der Waals surface area contributed by atoms with Crippen molar-refractivity contribution in [1.29, 1.82) is 0 Å². The number of hydrogen-bond acceptors (Lipinski definition) is 5. The summed E-state index contributed by atoms with van der Waals surface area (Å²) < 4.78 is 5.18. The van der Waals surface area contributed by atoms with Crippen LogP contribution in [-0.2, 0) is 9.59 Å². The van der Waals surface area contributed by atoms with Crippen molar-refractivity contribution in [2.45, 2.75) is 0 Å². The minimum atomic E-state index is -0.485. The van der Waals surface area contributed by atoms with Crippen molar-refractivity contribution in [3.8, 4) is 5.75 Å². The molecule has 0 aliphatic carbocycles. The zero-order valence-corrected chi connectivity index (χ0v) is 16.9. The Morgan fingerprint density at radius 3 is 2.67 bits per heavy atom. The molecule has 1 aliphatic heterocycles. The first kappa shape index (κ1) is 19.7. The molecule has 0 aromatic heterocycles. The van der Waals surface area contributed by atoms with Crippen molar-refractivity contribution in [2.24, 2.45) is 0 Å². The average Bonchev–Trinajstić information content (AvgIpc) is 3.01. The Kier molecular flexibility index (Phi) is 5.54. The molecule has 0 atom stereocenters. The topological polar surface area (TPSA) is 75.7 Å². The van der Waals surface area contributed by atoms with Crippen LogP contribution in [0.1, 0.15) is 5.56 Å². The number of methoxy groups -OCH3 is 1. The van der Waals surface area contributed by atoms with Gasteiger partial charge in [-0.05, 0) is 47.0 Å². The summed E-state index contributed by atoms with van der Waals surface area (Å²) in [6, 6.07) is 20.4. The summed E-state index contributed by atoms with van der Waals surface area (Å²) >= 11 is 0.819. The molecule has 0 unspecified atom stereocenters. The van der Waals surface area contributed by atoms with Gasteiger partial charge in [-0.3, -0.25) is 19.3 Å². The molecule has 1 fully saturated rings. The molecule has 0 radical (unpaired) electrons. The van der Waals surface area contributed by atoms with E-state index in [1.54, 1.807) is 37.5 Å². The van der Waals surface area contributed by atoms with E-state index >= 15 is 0 Å². The van der Waals surface area contributed by atoms with Gasteiger partial charge in [0.1, 0.15) is 12.3 Å². The maximum absolute atomic E-state index is 12.7. The summed E-state index contributed by atoms with van der Waals surface area (Å²) in [4.78, 5) is 38.8. The van der Waals surface area contributed by atoms with Gasteiger partial charge in [-0.2, -0.15) is 0 Å². The van der Waals surface area contributed by atoms with Crippen LogP contribution in [-0.4, -0.2) is 35.6 Å². The smallest absolute Gasteiger partial charge is 0.294 e. The molecule has 0 bridgehead atoms. The fourth-order valence-corrected chi connectivity index (χ4v) is 4.03. The molecule has 1 saturated heterocycles. The first-order valence-electron chi connectivity index (χ1n) is 9.22. The van der Waals surface area contributed by atoms with Crippen LogP contribution in [0.3, 0.4) is 0 Å². The zero-order chi connectivity index (χ0) is 21.1. The molecule has 1 aliphatic rings. The van der Waals surface area contributed by atoms with E-state index in [4.69, 9.17) is 4.74 Å². The summed E-state index contributed by atoms with van der Waals surface area (Å²) in [7, 11) is 1.56. The van der Waals surface area contributed by atoms with Gasteiger partial charge in [-0.25, -0.2) is 0 Å². The van der Waals surface area contributed by atoms with Crippen LogP contribution >= 0.6 is 11.8 Å². The van der Waals surface area contributed by atoms with Crippen molar-refractivity contribution in [3.63, 3.8) is 0 Å². The number of ether oxygens (including phenoxy) is 1. The lowest BCUT2D eigenvalue weighted by Crippen LogP contribution is -2.36. The minimum Gasteiger partial charge on any atom is -0.497 e. The number of carbonyl (C=O) groups is 3. The van der Waals surface area contributed by atoms with Crippen LogP contribution in [0, 0.1) is 0 Å². The maximum atomic E-state index is 12.7. The predicted octanol–water partition coefficient (Wildman–Crippen LogP) is 4.52. The number of carbonyl (C=O) groups excluding carboxylic acids is 3. The molecule has 0 saturated carbocycles. The molecule has 30 heavy (non-hydrogen) atoms. The van der Waals surface area contributed by atoms with Gasteiger partial charge in [0, 0.05) is 11.1 Å². The Hall–Kier alpha value is -3.58. The van der Waals surface area contributed by atoms with Crippen LogP contribution in [0.4, 0.5) is 10.5 Å². The summed E-state index contributed by atoms with van der Waals surface area (Å²) in [5, 5.41) is 4.21. The summed E-state index contributed by atoms with van der Waals surface area (Å²) in [6.07, 6.45) is 1.62. The van der Waals surface area contributed by atoms with Crippen LogP contribution in [0.2, 0.25) is 0 Å². The Balaban J connectivity index is 1.49. The number of rotatable bonds is 5. The number of benzene rings is 3. The van der Waals surface area contributed by atoms with Gasteiger partial charge in [-0.1, -0.05) is 48.5 Å². The summed E-state index contributed by atoms with van der Waals surface area (Å²) in [5.74, 6) is -0.269. The highest BCUT2D eigenvalue weighted by atomic mass is 32.2. The number of nitrogens with zero attached hydrogens (tertiary/aromatic N) is 1. The van der Waals surface area contributed by atoms with E-state index < -0.39 is 17.1 Å². The first-order valence-corrected chi connectivity index (χ1v) is 10.0. The van der Waals surface area contributed by atoms with Crippen molar-refractivity contribution < 1.29 is 19.1 Å². The lowest BCUT2D eigenvalue weighted by Gasteiger charge is -2.13. The minimum absolute atomic E-state index is 0.270. The van der Waals surface area contributed by atoms with Crippen LogP contribution in [0.25, 0.3) is 16.8 Å². The van der Waals surface area contributed by atoms with Crippen LogP contribution in [0.15, 0.2) is 71.6 Å². The van der Waals surface area contributed by atoms with E-state index in [1.807, 2.05) is 42.5 Å². The third-order valence-electron chi connectivity index (χ3n) is 4.63. The number of anilines is 1. The lowest BCUT2D eigenvalue weighted by atomic mass is 10.1. The van der Waals surface area contributed by atoms with E-state index in [2.05, 4.69) is 5.32 Å². The molecular weight excluding hydrogens is 400 g/mol. The van der Waals surface area contributed by atoms with E-state index in [0.29, 0.717) is 11.4 Å². The highest BCUT2D eigenvalue weighted by Gasteiger charge is 2.36. The molecule has 0 spiro atoms. The molecule has 4 rings (SSSR count). The number of imide groups is 1. The Bertz CT molecular complexity index is 1180. The Morgan fingerprint density at radius 2 is 1.83 bits per heavy atom. The largest absolute Gasteiger partial charge is 0.497 e. The molecule has 150 valence electrons. The molecule has 1 heterocycles. The highest BCUT2D eigenvalue weighted by Crippen LogP contribution is 2.32. The van der Waals surface area contributed by atoms with E-state index in [1.165, 1.54) is 0 Å². The van der Waals surface area contributed by atoms with Gasteiger partial charge in [0.2, 0.25) is 5.91 Å². The number of fused-ring (bicyclic) bond motifs is 1. The monoisotopic (exact) mass is 418 g/mol. The van der Waals surface area contributed by atoms with Gasteiger partial charge in [0.05, 0.1) is 12.0 Å². The quantitative estimate of drug-likeness (QED) is 0.617. The van der Waals surface area contributed by atoms with E-state index in [0.717, 1.165) is 33.0 Å². The second-order valence-corrected chi connectivity index (χ2v) is 7.61. The second kappa shape index (κ2) is 8.42. The van der Waals surface area contributed by atoms with Gasteiger partial charge in [-0.15, -0.1) is 0 Å². The van der Waals surface area contributed by atoms with Gasteiger partial charge >= 0.3 is 0 Å². The highest BCUT2D eigenvalue weighted by molar-refractivity contribution is 8.18. The van der Waals surface area contributed by atoms with Gasteiger partial charge < -0.3 is 10.1 Å². The molecule has 3 aromatic carbocycles. The summed E-state index contributed by atoms with van der Waals surface area (Å²) in [5.41, 5.74) is 1.37. The third-order valence-corrected chi connectivity index (χ3v) is 5.54. The molecule has 3 aromatic rings. The third kappa shape index (κ3) is 4.06. The lowest BCUT2D eigenvalue weighted by molar-refractivity contribution is -0.127. The Morgan fingerprint density at radius 1 is 1.07 bits per heavy atom. The molecular formula is C23H18N2O4S. The Labute approximate surface area is 177 Å². The fraction of sp³-hybridized carbons (Fsp3) is 0.0870. The molecule has 7 heteroatoms. The predicted molar refractivity (Wildman–Crippen MR) is 118 cm³/mol. The number of nitrogens with one attached hydrogen (secondary N) is 1. The standard InChI is InChI=1S/C23H18N2O4S/c1-29-17-9-4-6-15(12-17)13-20-22(27)25(23(28)30-20)14-21(26)24-19-11-5-8-16-7-2-3-10-18(16)19/h2-13H,14H2,1H3,(H,24,26)/b20-13+. The number of amides is 3. The maximum Gasteiger partial charge on any atom is 0.294 e. The van der Waals surface area contributed by atoms with Crippen LogP contribution in [0.5, 0.6) is 5.75 Å². The average molecular weight is 418 g/mol. The van der Waals surface area contributed by atoms with E-state index in [9.17, 15) is 14.4 Å². The van der Waals surface area contributed by atoms with Crippen molar-refractivity contribution in [2.75, 3.05) is 19.0 Å². The molecule has 3 amide bonds. The molecule has 1 N–H and O–H groups in total. The summed E-state index contributed by atoms with van der Waals surface area (Å²) in [6.45, 7) is -0.344. The van der Waals surface area contributed by atoms with Gasteiger partial charge in [0.15, 0.2) is 0 Å². The van der Waals surface area contributed by atoms with Gasteiger partial charge in [0.25, 0.3) is 11.1 Å². The first-order chi connectivity index (χ1) is 14.5. The zero-order valence-electron chi connectivity index (χ0n) is 16.1. The number of thioether (sulfide) groups is 1. The van der Waals surface area contributed by atoms with E-state index in [-0.39, 0.29) is 11.4 Å². The molecule has 6 nitrogen and oxygen atoms in total. The number of hydrogen-bond donors (Lipinski definition) is 1.